The van der Waals surface area contributed by atoms with Gasteiger partial charge in [0.25, 0.3) is 0 Å². The van der Waals surface area contributed by atoms with Crippen LogP contribution in [0.1, 0.15) is 25.3 Å². The SMILES string of the molecule is CC[C@H](Cc1c(F)cccc1F)C[C@@H](CN)C(=O)O. The summed E-state index contributed by atoms with van der Waals surface area (Å²) in [6.07, 6.45) is 1.17. The van der Waals surface area contributed by atoms with Crippen LogP contribution in [0.2, 0.25) is 0 Å². The van der Waals surface area contributed by atoms with Crippen LogP contribution in [0, 0.1) is 23.5 Å². The van der Waals surface area contributed by atoms with E-state index in [9.17, 15) is 13.6 Å². The molecule has 3 N–H and O–H groups in total. The summed E-state index contributed by atoms with van der Waals surface area (Å²) in [4.78, 5) is 10.9. The zero-order valence-corrected chi connectivity index (χ0v) is 10.9. The van der Waals surface area contributed by atoms with E-state index < -0.39 is 23.5 Å². The lowest BCUT2D eigenvalue weighted by atomic mass is 9.87. The highest BCUT2D eigenvalue weighted by Gasteiger charge is 2.22. The monoisotopic (exact) mass is 271 g/mol. The molecule has 0 saturated carbocycles. The molecule has 0 heterocycles. The molecule has 3 nitrogen and oxygen atoms in total. The third-order valence-electron chi connectivity index (χ3n) is 3.38. The van der Waals surface area contributed by atoms with E-state index in [0.29, 0.717) is 12.8 Å². The van der Waals surface area contributed by atoms with E-state index in [4.69, 9.17) is 10.8 Å². The van der Waals surface area contributed by atoms with E-state index in [0.717, 1.165) is 0 Å². The lowest BCUT2D eigenvalue weighted by Gasteiger charge is -2.19. The van der Waals surface area contributed by atoms with Gasteiger partial charge in [0, 0.05) is 12.1 Å². The van der Waals surface area contributed by atoms with Crippen LogP contribution in [0.5, 0.6) is 0 Å². The van der Waals surface area contributed by atoms with Crippen molar-refractivity contribution in [2.45, 2.75) is 26.2 Å². The van der Waals surface area contributed by atoms with Crippen molar-refractivity contribution in [3.63, 3.8) is 0 Å². The zero-order chi connectivity index (χ0) is 14.4. The van der Waals surface area contributed by atoms with E-state index in [1.54, 1.807) is 0 Å². The van der Waals surface area contributed by atoms with Crippen LogP contribution in [0.25, 0.3) is 0 Å². The fraction of sp³-hybridized carbons (Fsp3) is 0.500. The number of aliphatic carboxylic acids is 1. The molecule has 0 amide bonds. The minimum Gasteiger partial charge on any atom is -0.481 e. The first kappa shape index (κ1) is 15.6. The highest BCUT2D eigenvalue weighted by molar-refractivity contribution is 5.70. The molecule has 5 heteroatoms. The second-order valence-corrected chi connectivity index (χ2v) is 4.69. The van der Waals surface area contributed by atoms with Crippen LogP contribution >= 0.6 is 0 Å². The van der Waals surface area contributed by atoms with Gasteiger partial charge < -0.3 is 10.8 Å². The molecular weight excluding hydrogens is 252 g/mol. The van der Waals surface area contributed by atoms with Crippen LogP contribution in [0.15, 0.2) is 18.2 Å². The van der Waals surface area contributed by atoms with Gasteiger partial charge in [0.15, 0.2) is 0 Å². The van der Waals surface area contributed by atoms with E-state index in [1.165, 1.54) is 18.2 Å². The summed E-state index contributed by atoms with van der Waals surface area (Å²) >= 11 is 0. The zero-order valence-electron chi connectivity index (χ0n) is 10.9. The third-order valence-corrected chi connectivity index (χ3v) is 3.38. The van der Waals surface area contributed by atoms with Gasteiger partial charge in [0.2, 0.25) is 0 Å². The number of carboxylic acid groups (broad SMARTS) is 1. The Morgan fingerprint density at radius 1 is 1.37 bits per heavy atom. The molecule has 0 aliphatic heterocycles. The van der Waals surface area contributed by atoms with E-state index >= 15 is 0 Å². The van der Waals surface area contributed by atoms with Gasteiger partial charge in [-0.15, -0.1) is 0 Å². The molecule has 19 heavy (non-hydrogen) atoms. The summed E-state index contributed by atoms with van der Waals surface area (Å²) in [6, 6.07) is 3.74. The average Bonchev–Trinajstić information content (AvgIpc) is 2.37. The summed E-state index contributed by atoms with van der Waals surface area (Å²) in [5, 5.41) is 8.96. The maximum atomic E-state index is 13.5. The first-order valence-electron chi connectivity index (χ1n) is 6.35. The fourth-order valence-electron chi connectivity index (χ4n) is 2.11. The van der Waals surface area contributed by atoms with Crippen molar-refractivity contribution in [3.05, 3.63) is 35.4 Å². The topological polar surface area (TPSA) is 63.3 Å². The van der Waals surface area contributed by atoms with Gasteiger partial charge in [-0.05, 0) is 30.9 Å². The highest BCUT2D eigenvalue weighted by atomic mass is 19.1. The molecule has 0 radical (unpaired) electrons. The quantitative estimate of drug-likeness (QED) is 0.801. The number of nitrogens with two attached hydrogens (primary N) is 1. The number of hydrogen-bond donors (Lipinski definition) is 2. The summed E-state index contributed by atoms with van der Waals surface area (Å²) in [6.45, 7) is 1.91. The van der Waals surface area contributed by atoms with Crippen molar-refractivity contribution in [2.75, 3.05) is 6.54 Å². The van der Waals surface area contributed by atoms with E-state index in [2.05, 4.69) is 0 Å². The molecule has 1 rings (SSSR count). The largest absolute Gasteiger partial charge is 0.481 e. The van der Waals surface area contributed by atoms with Crippen molar-refractivity contribution in [1.82, 2.24) is 0 Å². The fourth-order valence-corrected chi connectivity index (χ4v) is 2.11. The van der Waals surface area contributed by atoms with E-state index in [-0.39, 0.29) is 24.4 Å². The molecule has 0 aliphatic rings. The average molecular weight is 271 g/mol. The second kappa shape index (κ2) is 7.19. The molecule has 0 fully saturated rings. The number of benzene rings is 1. The van der Waals surface area contributed by atoms with Crippen molar-refractivity contribution in [1.29, 1.82) is 0 Å². The van der Waals surface area contributed by atoms with Gasteiger partial charge in [-0.3, -0.25) is 4.79 Å². The molecule has 106 valence electrons. The summed E-state index contributed by atoms with van der Waals surface area (Å²) in [5.74, 6) is -2.90. The van der Waals surface area contributed by atoms with E-state index in [1.807, 2.05) is 6.92 Å². The Morgan fingerprint density at radius 2 is 1.95 bits per heavy atom. The summed E-state index contributed by atoms with van der Waals surface area (Å²) < 4.78 is 27.1. The molecule has 0 saturated heterocycles. The van der Waals surface area contributed by atoms with Crippen LogP contribution in [-0.4, -0.2) is 17.6 Å². The molecule has 0 aliphatic carbocycles. The predicted octanol–water partition coefficient (Wildman–Crippen LogP) is 2.58. The Labute approximate surface area is 111 Å². The lowest BCUT2D eigenvalue weighted by Crippen LogP contribution is -2.26. The highest BCUT2D eigenvalue weighted by Crippen LogP contribution is 2.23. The van der Waals surface area contributed by atoms with Crippen LogP contribution in [-0.2, 0) is 11.2 Å². The molecule has 0 bridgehead atoms. The normalized spacial score (nSPS) is 14.1. The second-order valence-electron chi connectivity index (χ2n) is 4.69. The standard InChI is InChI=1S/C14H19F2NO2/c1-2-9(6-10(8-17)14(18)19)7-11-12(15)4-3-5-13(11)16/h3-5,9-10H,2,6-8,17H2,1H3,(H,18,19)/t9-,10-/m0/s1. The minimum absolute atomic E-state index is 0.0236. The van der Waals surface area contributed by atoms with Crippen molar-refractivity contribution < 1.29 is 18.7 Å². The van der Waals surface area contributed by atoms with Crippen molar-refractivity contribution in [2.24, 2.45) is 17.6 Å². The minimum atomic E-state index is -0.963. The summed E-state index contributed by atoms with van der Waals surface area (Å²) in [5.41, 5.74) is 5.42. The molecule has 2 atom stereocenters. The van der Waals surface area contributed by atoms with Gasteiger partial charge in [-0.25, -0.2) is 8.78 Å². The van der Waals surface area contributed by atoms with Gasteiger partial charge in [0.1, 0.15) is 11.6 Å². The number of rotatable bonds is 7. The van der Waals surface area contributed by atoms with Crippen LogP contribution < -0.4 is 5.73 Å². The molecule has 1 aromatic carbocycles. The molecule has 0 spiro atoms. The van der Waals surface area contributed by atoms with Crippen LogP contribution in [0.4, 0.5) is 8.78 Å². The number of halogens is 2. The Kier molecular flexibility index (Phi) is 5.89. The molecule has 0 unspecified atom stereocenters. The van der Waals surface area contributed by atoms with Crippen molar-refractivity contribution in [3.8, 4) is 0 Å². The number of carbonyl (C=O) groups is 1. The maximum Gasteiger partial charge on any atom is 0.307 e. The predicted molar refractivity (Wildman–Crippen MR) is 68.6 cm³/mol. The van der Waals surface area contributed by atoms with Gasteiger partial charge >= 0.3 is 5.97 Å². The third kappa shape index (κ3) is 4.28. The molecule has 1 aromatic rings. The van der Waals surface area contributed by atoms with Gasteiger partial charge in [-0.1, -0.05) is 19.4 Å². The Morgan fingerprint density at radius 3 is 2.37 bits per heavy atom. The Bertz CT molecular complexity index is 417. The first-order chi connectivity index (χ1) is 8.99. The van der Waals surface area contributed by atoms with Crippen LogP contribution in [0.3, 0.4) is 0 Å². The van der Waals surface area contributed by atoms with Gasteiger partial charge in [0.05, 0.1) is 5.92 Å². The smallest absolute Gasteiger partial charge is 0.307 e. The summed E-state index contributed by atoms with van der Waals surface area (Å²) in [7, 11) is 0. The maximum absolute atomic E-state index is 13.5. The molecular formula is C14H19F2NO2. The molecule has 0 aromatic heterocycles. The lowest BCUT2D eigenvalue weighted by molar-refractivity contribution is -0.142. The van der Waals surface area contributed by atoms with Crippen molar-refractivity contribution >= 4 is 5.97 Å². The van der Waals surface area contributed by atoms with Gasteiger partial charge in [-0.2, -0.15) is 0 Å². The number of carboxylic acids is 1. The number of hydrogen-bond acceptors (Lipinski definition) is 2. The Hall–Kier alpha value is -1.49. The first-order valence-corrected chi connectivity index (χ1v) is 6.35. The Balaban J connectivity index is 2.79.